The number of thiazole rings is 1. The van der Waals surface area contributed by atoms with Gasteiger partial charge in [-0.15, -0.1) is 11.3 Å². The van der Waals surface area contributed by atoms with Crippen LogP contribution in [0.3, 0.4) is 0 Å². The van der Waals surface area contributed by atoms with Gasteiger partial charge in [0.2, 0.25) is 5.88 Å². The number of nitrogens with zero attached hydrogens (tertiary/aromatic N) is 2. The number of methoxy groups -OCH3 is 1. The number of benzene rings is 1. The van der Waals surface area contributed by atoms with Crippen molar-refractivity contribution >= 4 is 28.1 Å². The molecular weight excluding hydrogens is 318 g/mol. The third-order valence-electron chi connectivity index (χ3n) is 3.23. The molecule has 2 aromatic heterocycles. The molecule has 0 spiro atoms. The molecule has 2 heterocycles. The van der Waals surface area contributed by atoms with Crippen LogP contribution < -0.4 is 10.1 Å². The predicted octanol–water partition coefficient (Wildman–Crippen LogP) is 4.58. The minimum atomic E-state index is 0.425. The Balaban J connectivity index is 2.10. The number of hydrogen-bond donors (Lipinski definition) is 1. The first-order valence-electron chi connectivity index (χ1n) is 6.65. The van der Waals surface area contributed by atoms with Gasteiger partial charge in [-0.2, -0.15) is 0 Å². The molecule has 6 heteroatoms. The topological polar surface area (TPSA) is 47.0 Å². The van der Waals surface area contributed by atoms with Gasteiger partial charge in [0.05, 0.1) is 12.8 Å². The lowest BCUT2D eigenvalue weighted by Gasteiger charge is -2.09. The number of halogens is 1. The van der Waals surface area contributed by atoms with Crippen LogP contribution in [0.5, 0.6) is 5.88 Å². The molecular formula is C16H14ClN3OS. The van der Waals surface area contributed by atoms with Crippen LogP contribution >= 0.6 is 22.9 Å². The van der Waals surface area contributed by atoms with E-state index < -0.39 is 0 Å². The summed E-state index contributed by atoms with van der Waals surface area (Å²) in [5, 5.41) is 6.46. The molecule has 0 fully saturated rings. The Morgan fingerprint density at radius 2 is 2.00 bits per heavy atom. The first kappa shape index (κ1) is 14.8. The van der Waals surface area contributed by atoms with E-state index in [0.29, 0.717) is 10.9 Å². The van der Waals surface area contributed by atoms with Gasteiger partial charge in [0.1, 0.15) is 5.02 Å². The van der Waals surface area contributed by atoms with Gasteiger partial charge >= 0.3 is 0 Å². The molecule has 0 unspecified atom stereocenters. The monoisotopic (exact) mass is 331 g/mol. The van der Waals surface area contributed by atoms with Crippen molar-refractivity contribution in [3.63, 3.8) is 0 Å². The average molecular weight is 332 g/mol. The molecule has 0 saturated heterocycles. The zero-order valence-electron chi connectivity index (χ0n) is 12.1. The van der Waals surface area contributed by atoms with Crippen molar-refractivity contribution in [1.82, 2.24) is 9.97 Å². The SMILES string of the molecule is CNc1nc(-c2ccccc2-c2cnc(OC)c(Cl)c2)cs1. The van der Waals surface area contributed by atoms with Crippen molar-refractivity contribution in [2.24, 2.45) is 0 Å². The number of hydrogen-bond acceptors (Lipinski definition) is 5. The van der Waals surface area contributed by atoms with Crippen molar-refractivity contribution < 1.29 is 4.74 Å². The van der Waals surface area contributed by atoms with Gasteiger partial charge in [0, 0.05) is 29.8 Å². The Hall–Kier alpha value is -2.11. The maximum Gasteiger partial charge on any atom is 0.232 e. The molecule has 0 amide bonds. The highest BCUT2D eigenvalue weighted by molar-refractivity contribution is 7.14. The molecule has 0 aliphatic carbocycles. The maximum absolute atomic E-state index is 6.19. The second-order valence-electron chi connectivity index (χ2n) is 4.55. The van der Waals surface area contributed by atoms with E-state index >= 15 is 0 Å². The van der Waals surface area contributed by atoms with Crippen molar-refractivity contribution in [2.45, 2.75) is 0 Å². The highest BCUT2D eigenvalue weighted by Crippen LogP contribution is 2.35. The Bertz CT molecular complexity index is 804. The summed E-state index contributed by atoms with van der Waals surface area (Å²) in [5.74, 6) is 0.425. The van der Waals surface area contributed by atoms with Gasteiger partial charge in [0.15, 0.2) is 5.13 Å². The molecule has 1 aromatic carbocycles. The molecule has 1 N–H and O–H groups in total. The Labute approximate surface area is 137 Å². The molecule has 112 valence electrons. The van der Waals surface area contributed by atoms with Gasteiger partial charge in [-0.25, -0.2) is 9.97 Å². The predicted molar refractivity (Wildman–Crippen MR) is 91.9 cm³/mol. The van der Waals surface area contributed by atoms with Crippen molar-refractivity contribution in [3.05, 3.63) is 46.9 Å². The number of pyridine rings is 1. The minimum Gasteiger partial charge on any atom is -0.480 e. The lowest BCUT2D eigenvalue weighted by Crippen LogP contribution is -1.91. The van der Waals surface area contributed by atoms with Crippen LogP contribution in [-0.4, -0.2) is 24.1 Å². The number of anilines is 1. The van der Waals surface area contributed by atoms with Gasteiger partial charge < -0.3 is 10.1 Å². The number of ether oxygens (including phenoxy) is 1. The first-order valence-corrected chi connectivity index (χ1v) is 7.91. The van der Waals surface area contributed by atoms with Crippen LogP contribution in [0.1, 0.15) is 0 Å². The summed E-state index contributed by atoms with van der Waals surface area (Å²) in [6, 6.07) is 9.92. The van der Waals surface area contributed by atoms with E-state index in [-0.39, 0.29) is 0 Å². The fourth-order valence-corrected chi connectivity index (χ4v) is 3.11. The first-order chi connectivity index (χ1) is 10.7. The van der Waals surface area contributed by atoms with E-state index in [0.717, 1.165) is 27.5 Å². The zero-order valence-corrected chi connectivity index (χ0v) is 13.7. The molecule has 0 atom stereocenters. The summed E-state index contributed by atoms with van der Waals surface area (Å²) in [7, 11) is 3.41. The number of nitrogens with one attached hydrogen (secondary N) is 1. The summed E-state index contributed by atoms with van der Waals surface area (Å²) in [6.07, 6.45) is 1.76. The van der Waals surface area contributed by atoms with E-state index in [1.165, 1.54) is 0 Å². The molecule has 0 radical (unpaired) electrons. The van der Waals surface area contributed by atoms with Gasteiger partial charge in [-0.05, 0) is 11.6 Å². The van der Waals surface area contributed by atoms with Crippen molar-refractivity contribution in [3.8, 4) is 28.3 Å². The summed E-state index contributed by atoms with van der Waals surface area (Å²) >= 11 is 7.77. The largest absolute Gasteiger partial charge is 0.480 e. The van der Waals surface area contributed by atoms with E-state index in [9.17, 15) is 0 Å². The third kappa shape index (κ3) is 2.77. The van der Waals surface area contributed by atoms with E-state index in [2.05, 4.69) is 15.3 Å². The molecule has 0 saturated carbocycles. The lowest BCUT2D eigenvalue weighted by atomic mass is 9.99. The fourth-order valence-electron chi connectivity index (χ4n) is 2.19. The molecule has 0 bridgehead atoms. The summed E-state index contributed by atoms with van der Waals surface area (Å²) in [4.78, 5) is 8.82. The van der Waals surface area contributed by atoms with Gasteiger partial charge in [-0.1, -0.05) is 35.9 Å². The van der Waals surface area contributed by atoms with E-state index in [1.54, 1.807) is 24.6 Å². The average Bonchev–Trinajstić information content (AvgIpc) is 3.04. The molecule has 0 aliphatic rings. The molecule has 3 rings (SSSR count). The van der Waals surface area contributed by atoms with Crippen LogP contribution in [0.25, 0.3) is 22.4 Å². The summed E-state index contributed by atoms with van der Waals surface area (Å²) in [5.41, 5.74) is 3.94. The van der Waals surface area contributed by atoms with Crippen LogP contribution in [0.4, 0.5) is 5.13 Å². The van der Waals surface area contributed by atoms with Crippen LogP contribution in [0.2, 0.25) is 5.02 Å². The highest BCUT2D eigenvalue weighted by Gasteiger charge is 2.12. The second kappa shape index (κ2) is 6.34. The smallest absolute Gasteiger partial charge is 0.232 e. The molecule has 22 heavy (non-hydrogen) atoms. The standard InChI is InChI=1S/C16H14ClN3OS/c1-18-16-20-14(9-22-16)12-6-4-3-5-11(12)10-7-13(17)15(21-2)19-8-10/h3-9H,1-2H3,(H,18,20). The van der Waals surface area contributed by atoms with Crippen LogP contribution in [0, 0.1) is 0 Å². The second-order valence-corrected chi connectivity index (χ2v) is 5.81. The molecule has 4 nitrogen and oxygen atoms in total. The van der Waals surface area contributed by atoms with E-state index in [4.69, 9.17) is 16.3 Å². The van der Waals surface area contributed by atoms with Crippen LogP contribution in [-0.2, 0) is 0 Å². The molecule has 3 aromatic rings. The van der Waals surface area contributed by atoms with Crippen molar-refractivity contribution in [1.29, 1.82) is 0 Å². The lowest BCUT2D eigenvalue weighted by molar-refractivity contribution is 0.398. The Morgan fingerprint density at radius 1 is 1.23 bits per heavy atom. The third-order valence-corrected chi connectivity index (χ3v) is 4.36. The zero-order chi connectivity index (χ0) is 15.5. The number of rotatable bonds is 4. The summed E-state index contributed by atoms with van der Waals surface area (Å²) < 4.78 is 5.11. The minimum absolute atomic E-state index is 0.425. The highest BCUT2D eigenvalue weighted by atomic mass is 35.5. The van der Waals surface area contributed by atoms with Crippen molar-refractivity contribution in [2.75, 3.05) is 19.5 Å². The van der Waals surface area contributed by atoms with Crippen LogP contribution in [0.15, 0.2) is 41.9 Å². The normalized spacial score (nSPS) is 10.5. The number of aromatic nitrogens is 2. The Morgan fingerprint density at radius 3 is 2.64 bits per heavy atom. The van der Waals surface area contributed by atoms with Gasteiger partial charge in [0.25, 0.3) is 0 Å². The maximum atomic E-state index is 6.19. The van der Waals surface area contributed by atoms with E-state index in [1.807, 2.05) is 42.8 Å². The quantitative estimate of drug-likeness (QED) is 0.760. The fraction of sp³-hybridized carbons (Fsp3) is 0.125. The molecule has 0 aliphatic heterocycles. The Kier molecular flexibility index (Phi) is 4.27. The summed E-state index contributed by atoms with van der Waals surface area (Å²) in [6.45, 7) is 0. The van der Waals surface area contributed by atoms with Gasteiger partial charge in [-0.3, -0.25) is 0 Å².